The fourth-order valence-corrected chi connectivity index (χ4v) is 4.55. The minimum atomic E-state index is -3.82. The molecule has 33 heavy (non-hydrogen) atoms. The lowest BCUT2D eigenvalue weighted by atomic mass is 9.92. The van der Waals surface area contributed by atoms with E-state index in [1.54, 1.807) is 42.2 Å². The number of primary sulfonamides is 1. The Labute approximate surface area is 190 Å². The molecule has 4 N–H and O–H groups in total. The van der Waals surface area contributed by atoms with E-state index in [0.717, 1.165) is 5.56 Å². The van der Waals surface area contributed by atoms with Crippen LogP contribution in [0.1, 0.15) is 18.1 Å². The molecule has 2 aliphatic rings. The van der Waals surface area contributed by atoms with E-state index in [2.05, 4.69) is 10.7 Å². The number of hydrogen-bond acceptors (Lipinski definition) is 7. The molecule has 0 aliphatic carbocycles. The summed E-state index contributed by atoms with van der Waals surface area (Å²) in [5.41, 5.74) is 3.00. The van der Waals surface area contributed by atoms with Crippen molar-refractivity contribution in [1.29, 1.82) is 0 Å². The molecule has 0 saturated carbocycles. The topological polar surface area (TPSA) is 151 Å². The highest BCUT2D eigenvalue weighted by atomic mass is 32.2. The largest absolute Gasteiger partial charge is 0.497 e. The van der Waals surface area contributed by atoms with E-state index in [1.165, 1.54) is 19.2 Å². The number of nitrogens with zero attached hydrogens (tertiary/aromatic N) is 2. The third-order valence-corrected chi connectivity index (χ3v) is 6.71. The van der Waals surface area contributed by atoms with Crippen molar-refractivity contribution in [3.63, 3.8) is 0 Å². The van der Waals surface area contributed by atoms with Crippen LogP contribution in [0.25, 0.3) is 0 Å². The summed E-state index contributed by atoms with van der Waals surface area (Å²) in [7, 11) is -2.30. The van der Waals surface area contributed by atoms with Gasteiger partial charge in [-0.05, 0) is 54.8 Å². The lowest BCUT2D eigenvalue weighted by molar-refractivity contribution is -0.138. The van der Waals surface area contributed by atoms with E-state index in [4.69, 9.17) is 9.88 Å². The first-order valence-electron chi connectivity index (χ1n) is 10.0. The molecular formula is C21H23N5O6S. The smallest absolute Gasteiger partial charge is 0.344 e. The molecule has 0 spiro atoms. The fourth-order valence-electron chi connectivity index (χ4n) is 3.98. The summed E-state index contributed by atoms with van der Waals surface area (Å²) in [6, 6.07) is 10.4. The molecule has 0 aromatic heterocycles. The number of imide groups is 1. The summed E-state index contributed by atoms with van der Waals surface area (Å²) >= 11 is 0. The fraction of sp³-hybridized carbons (Fsp3) is 0.286. The predicted molar refractivity (Wildman–Crippen MR) is 118 cm³/mol. The maximum Gasteiger partial charge on any atom is 0.344 e. The Morgan fingerprint density at radius 1 is 1.21 bits per heavy atom. The Morgan fingerprint density at radius 2 is 1.91 bits per heavy atom. The van der Waals surface area contributed by atoms with Gasteiger partial charge in [0.2, 0.25) is 10.0 Å². The van der Waals surface area contributed by atoms with Crippen LogP contribution in [0.5, 0.6) is 5.75 Å². The summed E-state index contributed by atoms with van der Waals surface area (Å²) in [4.78, 5) is 39.9. The van der Waals surface area contributed by atoms with Gasteiger partial charge in [0.25, 0.3) is 11.8 Å². The number of rotatable bonds is 6. The lowest BCUT2D eigenvalue weighted by Gasteiger charge is -2.23. The van der Waals surface area contributed by atoms with Crippen molar-refractivity contribution in [3.05, 3.63) is 53.6 Å². The minimum Gasteiger partial charge on any atom is -0.497 e. The van der Waals surface area contributed by atoms with Crippen LogP contribution < -0.4 is 25.5 Å². The number of fused-ring (bicyclic) bond motifs is 1. The first kappa shape index (κ1) is 22.6. The second-order valence-electron chi connectivity index (χ2n) is 7.97. The number of benzene rings is 2. The second kappa shape index (κ2) is 8.05. The zero-order chi connectivity index (χ0) is 24.0. The number of anilines is 1. The van der Waals surface area contributed by atoms with Crippen LogP contribution in [0, 0.1) is 0 Å². The zero-order valence-corrected chi connectivity index (χ0v) is 18.8. The number of urea groups is 1. The number of amides is 4. The molecule has 174 valence electrons. The molecule has 0 radical (unpaired) electrons. The summed E-state index contributed by atoms with van der Waals surface area (Å²) in [6.07, 6.45) is 0.532. The van der Waals surface area contributed by atoms with E-state index in [-0.39, 0.29) is 11.4 Å². The maximum absolute atomic E-state index is 13.0. The molecule has 1 fully saturated rings. The maximum atomic E-state index is 13.0. The Morgan fingerprint density at radius 3 is 2.55 bits per heavy atom. The standard InChI is InChI=1S/C21H23N5O6S/c1-21(14-3-5-15(32-2)6-4-14)19(28)26(20(29)23-21)24-18(27)12-25-10-9-13-11-16(33(22,30)31)7-8-17(13)25/h3-8,11H,9-10,12H2,1-2H3,(H,23,29)(H,24,27)(H2,22,30,31). The molecule has 0 bridgehead atoms. The second-order valence-corrected chi connectivity index (χ2v) is 9.53. The van der Waals surface area contributed by atoms with Crippen molar-refractivity contribution >= 4 is 33.6 Å². The summed E-state index contributed by atoms with van der Waals surface area (Å²) in [6.45, 7) is 1.90. The highest BCUT2D eigenvalue weighted by Crippen LogP contribution is 2.31. The molecule has 2 aromatic rings. The van der Waals surface area contributed by atoms with E-state index < -0.39 is 33.4 Å². The van der Waals surface area contributed by atoms with Crippen molar-refractivity contribution in [2.24, 2.45) is 5.14 Å². The summed E-state index contributed by atoms with van der Waals surface area (Å²) < 4.78 is 28.2. The highest BCUT2D eigenvalue weighted by molar-refractivity contribution is 7.89. The van der Waals surface area contributed by atoms with Crippen molar-refractivity contribution in [2.45, 2.75) is 23.8 Å². The number of carbonyl (C=O) groups excluding carboxylic acids is 3. The van der Waals surface area contributed by atoms with Gasteiger partial charge < -0.3 is 15.0 Å². The van der Waals surface area contributed by atoms with E-state index >= 15 is 0 Å². The van der Waals surface area contributed by atoms with Gasteiger partial charge >= 0.3 is 6.03 Å². The third kappa shape index (κ3) is 4.10. The quantitative estimate of drug-likeness (QED) is 0.507. The van der Waals surface area contributed by atoms with E-state index in [1.807, 2.05) is 0 Å². The van der Waals surface area contributed by atoms with Crippen molar-refractivity contribution < 1.29 is 27.5 Å². The molecule has 1 atom stereocenters. The van der Waals surface area contributed by atoms with Gasteiger partial charge in [-0.2, -0.15) is 5.01 Å². The van der Waals surface area contributed by atoms with E-state index in [0.29, 0.717) is 35.0 Å². The van der Waals surface area contributed by atoms with Gasteiger partial charge in [0.15, 0.2) is 0 Å². The highest BCUT2D eigenvalue weighted by Gasteiger charge is 2.50. The number of nitrogens with one attached hydrogen (secondary N) is 2. The number of nitrogens with two attached hydrogens (primary N) is 1. The average molecular weight is 474 g/mol. The first-order chi connectivity index (χ1) is 15.5. The van der Waals surface area contributed by atoms with Crippen LogP contribution in [0.3, 0.4) is 0 Å². The minimum absolute atomic E-state index is 0.00436. The van der Waals surface area contributed by atoms with Crippen LogP contribution in [-0.4, -0.2) is 51.5 Å². The third-order valence-electron chi connectivity index (χ3n) is 5.80. The molecule has 11 nitrogen and oxygen atoms in total. The van der Waals surface area contributed by atoms with Crippen LogP contribution in [0.2, 0.25) is 0 Å². The Balaban J connectivity index is 1.45. The van der Waals surface area contributed by atoms with Gasteiger partial charge in [-0.3, -0.25) is 15.0 Å². The van der Waals surface area contributed by atoms with Gasteiger partial charge in [0, 0.05) is 12.2 Å². The molecule has 1 saturated heterocycles. The molecule has 1 unspecified atom stereocenters. The number of ether oxygens (including phenoxy) is 1. The van der Waals surface area contributed by atoms with Gasteiger partial charge in [-0.25, -0.2) is 18.4 Å². The molecule has 4 amide bonds. The van der Waals surface area contributed by atoms with Crippen LogP contribution >= 0.6 is 0 Å². The lowest BCUT2D eigenvalue weighted by Crippen LogP contribution is -2.50. The van der Waals surface area contributed by atoms with Crippen molar-refractivity contribution in [3.8, 4) is 5.75 Å². The van der Waals surface area contributed by atoms with Gasteiger partial charge in [-0.1, -0.05) is 12.1 Å². The number of carbonyl (C=O) groups is 3. The molecule has 12 heteroatoms. The van der Waals surface area contributed by atoms with Crippen molar-refractivity contribution in [2.75, 3.05) is 25.1 Å². The molecule has 2 heterocycles. The zero-order valence-electron chi connectivity index (χ0n) is 18.0. The molecule has 2 aromatic carbocycles. The number of methoxy groups -OCH3 is 1. The van der Waals surface area contributed by atoms with Crippen LogP contribution in [-0.2, 0) is 31.6 Å². The summed E-state index contributed by atoms with van der Waals surface area (Å²) in [5.74, 6) is -0.585. The van der Waals surface area contributed by atoms with Gasteiger partial charge in [0.05, 0.1) is 18.6 Å². The molecule has 2 aliphatic heterocycles. The monoisotopic (exact) mass is 473 g/mol. The van der Waals surface area contributed by atoms with Crippen LogP contribution in [0.4, 0.5) is 10.5 Å². The van der Waals surface area contributed by atoms with Gasteiger partial charge in [0.1, 0.15) is 11.3 Å². The van der Waals surface area contributed by atoms with Crippen LogP contribution in [0.15, 0.2) is 47.4 Å². The molecule has 4 rings (SSSR count). The normalized spacial score (nSPS) is 20.0. The average Bonchev–Trinajstić information content (AvgIpc) is 3.27. The molecular weight excluding hydrogens is 450 g/mol. The Hall–Kier alpha value is -3.64. The Kier molecular flexibility index (Phi) is 5.50. The number of hydrazine groups is 1. The van der Waals surface area contributed by atoms with Crippen molar-refractivity contribution in [1.82, 2.24) is 15.8 Å². The number of hydrogen-bond donors (Lipinski definition) is 3. The summed E-state index contributed by atoms with van der Waals surface area (Å²) in [5, 5.41) is 8.47. The SMILES string of the molecule is COc1ccc(C2(C)NC(=O)N(NC(=O)CN3CCc4cc(S(N)(=O)=O)ccc43)C2=O)cc1. The number of sulfonamides is 1. The predicted octanol–water partition coefficient (Wildman–Crippen LogP) is 0.204. The van der Waals surface area contributed by atoms with Gasteiger partial charge in [-0.15, -0.1) is 0 Å². The van der Waals surface area contributed by atoms with E-state index in [9.17, 15) is 22.8 Å². The Bertz CT molecular complexity index is 1250. The first-order valence-corrected chi connectivity index (χ1v) is 11.6.